The molecule has 0 saturated carbocycles. The van der Waals surface area contributed by atoms with Gasteiger partial charge < -0.3 is 9.80 Å². The molecular formula is C66H42N2S. The molecule has 1 aliphatic heterocycles. The largest absolute Gasteiger partial charge is 0.310 e. The van der Waals surface area contributed by atoms with E-state index < -0.39 is 0 Å². The van der Waals surface area contributed by atoms with Crippen LogP contribution >= 0.6 is 11.3 Å². The summed E-state index contributed by atoms with van der Waals surface area (Å²) in [5.74, 6) is 0. The van der Waals surface area contributed by atoms with Crippen LogP contribution in [0, 0.1) is 0 Å². The fourth-order valence-electron chi connectivity index (χ4n) is 11.2. The lowest BCUT2D eigenvalue weighted by Gasteiger charge is -2.27. The number of benzene rings is 11. The standard InChI is InChI=1S/C66H42N2S/c1-3-19-43(20-4-1)67(46-35-37-52-54-28-13-16-32-62(54)68(44-21-5-2-6-22-44)63-33-17-14-29-55(63)61(52)42-46)45-36-38-53-58-39-40-59-56-30-15-18-34-64(56)69-66(59)65(58)57-31-12-11-26-50(57)48-24-8-7-23-47(48)49-25-9-10-27-51(49)60(53)41-45/h1-42H. The van der Waals surface area contributed by atoms with Crippen molar-refractivity contribution < 1.29 is 0 Å². The Kier molecular flexibility index (Phi) is 9.11. The average Bonchev–Trinajstić information content (AvgIpc) is 3.75. The summed E-state index contributed by atoms with van der Waals surface area (Å²) < 4.78 is 2.61. The third kappa shape index (κ3) is 6.25. The van der Waals surface area contributed by atoms with Gasteiger partial charge in [0, 0.05) is 59.4 Å². The van der Waals surface area contributed by atoms with Crippen LogP contribution in [0.1, 0.15) is 0 Å². The zero-order valence-electron chi connectivity index (χ0n) is 37.6. The summed E-state index contributed by atoms with van der Waals surface area (Å²) in [5.41, 5.74) is 11.5. The van der Waals surface area contributed by atoms with E-state index in [1.807, 2.05) is 11.3 Å². The monoisotopic (exact) mass is 894 g/mol. The van der Waals surface area contributed by atoms with Gasteiger partial charge in [0.25, 0.3) is 0 Å². The van der Waals surface area contributed by atoms with E-state index in [2.05, 4.69) is 265 Å². The van der Waals surface area contributed by atoms with Gasteiger partial charge in [0.2, 0.25) is 0 Å². The topological polar surface area (TPSA) is 6.48 Å². The summed E-state index contributed by atoms with van der Waals surface area (Å²) in [6.07, 6.45) is 0. The normalized spacial score (nSPS) is 12.0. The molecule has 69 heavy (non-hydrogen) atoms. The first-order valence-corrected chi connectivity index (χ1v) is 24.5. The van der Waals surface area contributed by atoms with Crippen LogP contribution in [0.25, 0.3) is 96.3 Å². The minimum absolute atomic E-state index is 1.08. The van der Waals surface area contributed by atoms with E-state index in [0.29, 0.717) is 0 Å². The Bertz CT molecular complexity index is 4270. The number of thiophene rings is 1. The molecule has 0 saturated heterocycles. The van der Waals surface area contributed by atoms with E-state index >= 15 is 0 Å². The summed E-state index contributed by atoms with van der Waals surface area (Å²) in [6.45, 7) is 0. The Labute approximate surface area is 404 Å². The van der Waals surface area contributed by atoms with Crippen LogP contribution in [0.2, 0.25) is 0 Å². The highest BCUT2D eigenvalue weighted by atomic mass is 32.1. The second-order valence-corrected chi connectivity index (χ2v) is 19.0. The van der Waals surface area contributed by atoms with Gasteiger partial charge in [-0.05, 0) is 126 Å². The minimum Gasteiger partial charge on any atom is -0.310 e. The molecule has 0 radical (unpaired) electrons. The van der Waals surface area contributed by atoms with Crippen molar-refractivity contribution in [3.05, 3.63) is 255 Å². The van der Waals surface area contributed by atoms with E-state index in [9.17, 15) is 0 Å². The SMILES string of the molecule is c1ccc(N(c2ccc3c(c2)-c2ccccc2N(c2ccccc2)c2ccccc2-3)c2ccc3c(c2)c2ccccc2c2ccccc2c2ccccc2c2c3ccc3c4ccccc4sc32)cc1. The lowest BCUT2D eigenvalue weighted by molar-refractivity contribution is 1.29. The third-order valence-electron chi connectivity index (χ3n) is 14.2. The molecule has 0 N–H and O–H groups in total. The van der Waals surface area contributed by atoms with E-state index in [4.69, 9.17) is 0 Å². The molecule has 13 aromatic rings. The van der Waals surface area contributed by atoms with Gasteiger partial charge in [0.05, 0.1) is 11.4 Å². The molecule has 12 aromatic carbocycles. The lowest BCUT2D eigenvalue weighted by atomic mass is 9.93. The summed E-state index contributed by atoms with van der Waals surface area (Å²) in [4.78, 5) is 4.85. The summed E-state index contributed by atoms with van der Waals surface area (Å²) >= 11 is 1.90. The second-order valence-electron chi connectivity index (χ2n) is 17.9. The zero-order valence-corrected chi connectivity index (χ0v) is 38.4. The van der Waals surface area contributed by atoms with Crippen LogP contribution in [0.4, 0.5) is 34.1 Å². The molecule has 0 fully saturated rings. The zero-order chi connectivity index (χ0) is 45.4. The maximum atomic E-state index is 2.45. The molecule has 0 spiro atoms. The quantitative estimate of drug-likeness (QED) is 0.174. The first-order chi connectivity index (χ1) is 34.3. The number of fused-ring (bicyclic) bond motifs is 19. The highest BCUT2D eigenvalue weighted by Gasteiger charge is 2.27. The van der Waals surface area contributed by atoms with Gasteiger partial charge in [0.15, 0.2) is 0 Å². The predicted octanol–water partition coefficient (Wildman–Crippen LogP) is 19.5. The summed E-state index contributed by atoms with van der Waals surface area (Å²) in [7, 11) is 0. The Balaban J connectivity index is 1.10. The maximum absolute atomic E-state index is 2.45. The molecule has 3 heteroatoms. The van der Waals surface area contributed by atoms with Crippen LogP contribution in [-0.2, 0) is 0 Å². The number of para-hydroxylation sites is 4. The second kappa shape index (κ2) is 16.0. The molecular weight excluding hydrogens is 853 g/mol. The van der Waals surface area contributed by atoms with Crippen LogP contribution in [0.15, 0.2) is 255 Å². The Morgan fingerprint density at radius 2 is 0.725 bits per heavy atom. The molecule has 0 unspecified atom stereocenters. The number of nitrogens with zero attached hydrogens (tertiary/aromatic N) is 2. The lowest BCUT2D eigenvalue weighted by Crippen LogP contribution is -2.10. The van der Waals surface area contributed by atoms with E-state index in [1.165, 1.54) is 96.3 Å². The number of rotatable bonds is 4. The van der Waals surface area contributed by atoms with Crippen molar-refractivity contribution in [2.45, 2.75) is 0 Å². The number of hydrogen-bond donors (Lipinski definition) is 0. The summed E-state index contributed by atoms with van der Waals surface area (Å²) in [6, 6.07) is 94.2. The van der Waals surface area contributed by atoms with Crippen molar-refractivity contribution in [2.24, 2.45) is 0 Å². The highest BCUT2D eigenvalue weighted by Crippen LogP contribution is 2.52. The number of anilines is 6. The van der Waals surface area contributed by atoms with Crippen LogP contribution < -0.4 is 9.80 Å². The summed E-state index contributed by atoms with van der Waals surface area (Å²) in [5, 5.41) is 14.8. The van der Waals surface area contributed by atoms with Crippen molar-refractivity contribution in [1.82, 2.24) is 0 Å². The number of hydrogen-bond acceptors (Lipinski definition) is 3. The molecule has 2 heterocycles. The molecule has 2 nitrogen and oxygen atoms in total. The first-order valence-electron chi connectivity index (χ1n) is 23.7. The fourth-order valence-corrected chi connectivity index (χ4v) is 12.4. The van der Waals surface area contributed by atoms with Crippen LogP contribution in [0.5, 0.6) is 0 Å². The van der Waals surface area contributed by atoms with Crippen molar-refractivity contribution in [3.63, 3.8) is 0 Å². The average molecular weight is 895 g/mol. The molecule has 1 aliphatic rings. The van der Waals surface area contributed by atoms with E-state index in [0.717, 1.165) is 34.1 Å². The molecule has 0 aliphatic carbocycles. The van der Waals surface area contributed by atoms with Crippen molar-refractivity contribution in [3.8, 4) is 22.3 Å². The van der Waals surface area contributed by atoms with E-state index in [1.54, 1.807) is 0 Å². The van der Waals surface area contributed by atoms with Gasteiger partial charge in [0.1, 0.15) is 0 Å². The Morgan fingerprint density at radius 1 is 0.275 bits per heavy atom. The smallest absolute Gasteiger partial charge is 0.0540 e. The van der Waals surface area contributed by atoms with Gasteiger partial charge in [-0.3, -0.25) is 0 Å². The van der Waals surface area contributed by atoms with Crippen LogP contribution in [-0.4, -0.2) is 0 Å². The van der Waals surface area contributed by atoms with Gasteiger partial charge in [-0.15, -0.1) is 11.3 Å². The highest BCUT2D eigenvalue weighted by molar-refractivity contribution is 7.26. The molecule has 0 amide bonds. The minimum atomic E-state index is 1.08. The fraction of sp³-hybridized carbons (Fsp3) is 0. The Morgan fingerprint density at radius 3 is 1.41 bits per heavy atom. The maximum Gasteiger partial charge on any atom is 0.0540 e. The van der Waals surface area contributed by atoms with Crippen molar-refractivity contribution >= 4 is 119 Å². The first kappa shape index (κ1) is 39.4. The van der Waals surface area contributed by atoms with Gasteiger partial charge in [-0.2, -0.15) is 0 Å². The molecule has 14 rings (SSSR count). The van der Waals surface area contributed by atoms with E-state index in [-0.39, 0.29) is 0 Å². The van der Waals surface area contributed by atoms with Gasteiger partial charge in [-0.1, -0.05) is 188 Å². The molecule has 0 bridgehead atoms. The Hall–Kier alpha value is -8.76. The van der Waals surface area contributed by atoms with Gasteiger partial charge in [-0.25, -0.2) is 0 Å². The molecule has 322 valence electrons. The van der Waals surface area contributed by atoms with Crippen molar-refractivity contribution in [1.29, 1.82) is 0 Å². The predicted molar refractivity (Wildman–Crippen MR) is 298 cm³/mol. The third-order valence-corrected chi connectivity index (χ3v) is 15.4. The molecule has 0 atom stereocenters. The van der Waals surface area contributed by atoms with Crippen LogP contribution in [0.3, 0.4) is 0 Å². The van der Waals surface area contributed by atoms with Crippen molar-refractivity contribution in [2.75, 3.05) is 9.80 Å². The van der Waals surface area contributed by atoms with Gasteiger partial charge >= 0.3 is 0 Å². The molecule has 1 aromatic heterocycles.